The molecule has 176 valence electrons. The van der Waals surface area contributed by atoms with E-state index in [2.05, 4.69) is 10.2 Å². The average molecular weight is 447 g/mol. The first-order valence-electron chi connectivity index (χ1n) is 11.0. The first-order valence-corrected chi connectivity index (χ1v) is 11.0. The Morgan fingerprint density at radius 3 is 2.62 bits per heavy atom. The number of likely N-dealkylation sites (tertiary alicyclic amines) is 1. The molecule has 0 aromatic heterocycles. The number of esters is 1. The number of primary amides is 1. The van der Waals surface area contributed by atoms with E-state index < -0.39 is 23.5 Å². The maximum atomic E-state index is 13.0. The van der Waals surface area contributed by atoms with E-state index in [9.17, 15) is 14.4 Å². The molecule has 1 aromatic rings. The standard InChI is InChI=1S/C23H34N4O5/c1-23(2,3)32-20(28)9-8-18(21(24)29)27-11-14-10-15(6-7-16(14)22(27)30)31-19-13-26(5)12-17(19)25-4/h6-7,10,17-19,25H,8-9,11-13H2,1-5H3,(H2,24,29). The van der Waals surface area contributed by atoms with Crippen molar-refractivity contribution in [1.29, 1.82) is 0 Å². The number of nitrogens with two attached hydrogens (primary N) is 1. The van der Waals surface area contributed by atoms with Crippen LogP contribution in [0.25, 0.3) is 0 Å². The first-order chi connectivity index (χ1) is 15.0. The summed E-state index contributed by atoms with van der Waals surface area (Å²) in [4.78, 5) is 40.8. The zero-order valence-electron chi connectivity index (χ0n) is 19.5. The minimum absolute atomic E-state index is 0.0000328. The second kappa shape index (κ2) is 9.46. The van der Waals surface area contributed by atoms with Crippen LogP contribution in [-0.2, 0) is 20.9 Å². The molecule has 0 radical (unpaired) electrons. The van der Waals surface area contributed by atoms with Gasteiger partial charge < -0.3 is 30.3 Å². The van der Waals surface area contributed by atoms with Gasteiger partial charge in [0.2, 0.25) is 5.91 Å². The summed E-state index contributed by atoms with van der Waals surface area (Å²) < 4.78 is 11.5. The number of carbonyl (C=O) groups is 3. The van der Waals surface area contributed by atoms with Crippen molar-refractivity contribution in [3.8, 4) is 5.75 Å². The monoisotopic (exact) mass is 446 g/mol. The van der Waals surface area contributed by atoms with Gasteiger partial charge in [0.25, 0.3) is 5.91 Å². The molecule has 3 atom stereocenters. The van der Waals surface area contributed by atoms with E-state index in [1.807, 2.05) is 20.2 Å². The summed E-state index contributed by atoms with van der Waals surface area (Å²) in [5.74, 6) is -0.655. The van der Waals surface area contributed by atoms with Gasteiger partial charge in [-0.05, 0) is 65.0 Å². The smallest absolute Gasteiger partial charge is 0.306 e. The van der Waals surface area contributed by atoms with E-state index in [1.165, 1.54) is 4.90 Å². The average Bonchev–Trinajstić information content (AvgIpc) is 3.19. The van der Waals surface area contributed by atoms with Gasteiger partial charge in [-0.3, -0.25) is 14.4 Å². The Balaban J connectivity index is 1.68. The van der Waals surface area contributed by atoms with Crippen LogP contribution in [0.1, 0.15) is 49.5 Å². The molecule has 32 heavy (non-hydrogen) atoms. The topological polar surface area (TPSA) is 114 Å². The van der Waals surface area contributed by atoms with Crippen LogP contribution in [-0.4, -0.2) is 78.6 Å². The Morgan fingerprint density at radius 2 is 2.00 bits per heavy atom. The van der Waals surface area contributed by atoms with E-state index in [0.717, 1.165) is 18.7 Å². The molecular formula is C23H34N4O5. The van der Waals surface area contributed by atoms with Crippen LogP contribution in [0.4, 0.5) is 0 Å². The fraction of sp³-hybridized carbons (Fsp3) is 0.609. The van der Waals surface area contributed by atoms with E-state index in [4.69, 9.17) is 15.2 Å². The zero-order chi connectivity index (χ0) is 23.6. The minimum atomic E-state index is -0.885. The lowest BCUT2D eigenvalue weighted by Crippen LogP contribution is -2.45. The van der Waals surface area contributed by atoms with Gasteiger partial charge in [-0.1, -0.05) is 0 Å². The molecule has 3 N–H and O–H groups in total. The van der Waals surface area contributed by atoms with Crippen molar-refractivity contribution < 1.29 is 23.9 Å². The van der Waals surface area contributed by atoms with Crippen molar-refractivity contribution in [2.24, 2.45) is 5.73 Å². The summed E-state index contributed by atoms with van der Waals surface area (Å²) in [5, 5.41) is 3.28. The highest BCUT2D eigenvalue weighted by Gasteiger charge is 2.37. The van der Waals surface area contributed by atoms with Gasteiger partial charge in [-0.2, -0.15) is 0 Å². The Bertz CT molecular complexity index is 882. The quantitative estimate of drug-likeness (QED) is 0.570. The van der Waals surface area contributed by atoms with Crippen LogP contribution < -0.4 is 15.8 Å². The van der Waals surface area contributed by atoms with Gasteiger partial charge in [0, 0.05) is 31.6 Å². The molecule has 0 spiro atoms. The van der Waals surface area contributed by atoms with Gasteiger partial charge >= 0.3 is 5.97 Å². The lowest BCUT2D eigenvalue weighted by atomic mass is 10.1. The van der Waals surface area contributed by atoms with Crippen molar-refractivity contribution in [3.63, 3.8) is 0 Å². The molecule has 2 heterocycles. The van der Waals surface area contributed by atoms with Gasteiger partial charge in [0.1, 0.15) is 23.5 Å². The number of nitrogens with one attached hydrogen (secondary N) is 1. The highest BCUT2D eigenvalue weighted by atomic mass is 16.6. The minimum Gasteiger partial charge on any atom is -0.487 e. The number of ether oxygens (including phenoxy) is 2. The van der Waals surface area contributed by atoms with Gasteiger partial charge in [0.15, 0.2) is 0 Å². The lowest BCUT2D eigenvalue weighted by molar-refractivity contribution is -0.155. The summed E-state index contributed by atoms with van der Waals surface area (Å²) in [5.41, 5.74) is 6.28. The molecule has 0 saturated carbocycles. The highest BCUT2D eigenvalue weighted by molar-refractivity contribution is 6.01. The molecule has 3 rings (SSSR count). The third-order valence-corrected chi connectivity index (χ3v) is 5.76. The van der Waals surface area contributed by atoms with E-state index in [-0.39, 0.29) is 37.4 Å². The molecule has 1 saturated heterocycles. The van der Waals surface area contributed by atoms with Crippen LogP contribution >= 0.6 is 0 Å². The Kier molecular flexibility index (Phi) is 7.09. The second-order valence-corrected chi connectivity index (χ2v) is 9.57. The normalized spacial score (nSPS) is 22.0. The molecular weight excluding hydrogens is 412 g/mol. The summed E-state index contributed by atoms with van der Waals surface area (Å²) >= 11 is 0. The first kappa shape index (κ1) is 24.0. The van der Waals surface area contributed by atoms with Crippen molar-refractivity contribution in [2.75, 3.05) is 27.2 Å². The molecule has 9 heteroatoms. The number of fused-ring (bicyclic) bond motifs is 1. The van der Waals surface area contributed by atoms with Crippen molar-refractivity contribution in [1.82, 2.24) is 15.1 Å². The van der Waals surface area contributed by atoms with Gasteiger partial charge in [0.05, 0.1) is 6.04 Å². The number of hydrogen-bond acceptors (Lipinski definition) is 7. The number of amides is 2. The fourth-order valence-electron chi connectivity index (χ4n) is 4.28. The molecule has 2 aliphatic heterocycles. The molecule has 3 unspecified atom stereocenters. The Morgan fingerprint density at radius 1 is 1.28 bits per heavy atom. The maximum Gasteiger partial charge on any atom is 0.306 e. The predicted octanol–water partition coefficient (Wildman–Crippen LogP) is 0.899. The zero-order valence-corrected chi connectivity index (χ0v) is 19.5. The highest BCUT2D eigenvalue weighted by Crippen LogP contribution is 2.30. The van der Waals surface area contributed by atoms with Crippen molar-refractivity contribution in [2.45, 2.75) is 63.9 Å². The van der Waals surface area contributed by atoms with Crippen LogP contribution in [0.2, 0.25) is 0 Å². The maximum absolute atomic E-state index is 13.0. The summed E-state index contributed by atoms with van der Waals surface area (Å²) in [6, 6.07) is 4.70. The largest absolute Gasteiger partial charge is 0.487 e. The predicted molar refractivity (Wildman–Crippen MR) is 119 cm³/mol. The molecule has 0 bridgehead atoms. The Labute approximate surface area is 189 Å². The van der Waals surface area contributed by atoms with Crippen LogP contribution in [0.3, 0.4) is 0 Å². The summed E-state index contributed by atoms with van der Waals surface area (Å²) in [6.45, 7) is 7.28. The molecule has 2 aliphatic rings. The molecule has 1 fully saturated rings. The van der Waals surface area contributed by atoms with Crippen molar-refractivity contribution in [3.05, 3.63) is 29.3 Å². The molecule has 2 amide bonds. The van der Waals surface area contributed by atoms with Crippen LogP contribution in [0, 0.1) is 0 Å². The van der Waals surface area contributed by atoms with E-state index in [1.54, 1.807) is 32.9 Å². The van der Waals surface area contributed by atoms with Gasteiger partial charge in [-0.25, -0.2) is 0 Å². The number of carbonyl (C=O) groups excluding carboxylic acids is 3. The third kappa shape index (κ3) is 5.58. The van der Waals surface area contributed by atoms with Gasteiger partial charge in [-0.15, -0.1) is 0 Å². The molecule has 9 nitrogen and oxygen atoms in total. The van der Waals surface area contributed by atoms with Crippen LogP contribution in [0.15, 0.2) is 18.2 Å². The second-order valence-electron chi connectivity index (χ2n) is 9.57. The van der Waals surface area contributed by atoms with Crippen LogP contribution in [0.5, 0.6) is 5.75 Å². The summed E-state index contributed by atoms with van der Waals surface area (Å²) in [7, 11) is 3.97. The van der Waals surface area contributed by atoms with E-state index in [0.29, 0.717) is 11.3 Å². The van der Waals surface area contributed by atoms with E-state index >= 15 is 0 Å². The Hall–Kier alpha value is -2.65. The number of hydrogen-bond donors (Lipinski definition) is 2. The third-order valence-electron chi connectivity index (χ3n) is 5.76. The number of likely N-dealkylation sites (N-methyl/N-ethyl adjacent to an activating group) is 2. The lowest BCUT2D eigenvalue weighted by Gasteiger charge is -2.25. The fourth-order valence-corrected chi connectivity index (χ4v) is 4.28. The molecule has 0 aliphatic carbocycles. The SMILES string of the molecule is CNC1CN(C)CC1Oc1ccc2c(c1)CN(C(CCC(=O)OC(C)(C)C)C(N)=O)C2=O. The molecule has 1 aromatic carbocycles. The number of rotatable bonds is 8. The number of benzene rings is 1. The summed E-state index contributed by atoms with van der Waals surface area (Å²) in [6.07, 6.45) is 0.120. The van der Waals surface area contributed by atoms with Crippen molar-refractivity contribution >= 4 is 17.8 Å². The number of nitrogens with zero attached hydrogens (tertiary/aromatic N) is 2.